The average molecular weight is 137 g/mol. The van der Waals surface area contributed by atoms with Crippen LogP contribution in [0.15, 0.2) is 23.4 Å². The number of nitrogens with zero attached hydrogens (tertiary/aromatic N) is 1. The summed E-state index contributed by atoms with van der Waals surface area (Å²) in [5, 5.41) is 0. The third-order valence-corrected chi connectivity index (χ3v) is 1.91. The van der Waals surface area contributed by atoms with Gasteiger partial charge in [0.1, 0.15) is 0 Å². The molecule has 0 aromatic rings. The molecule has 0 saturated heterocycles. The first-order valence-electron chi connectivity index (χ1n) is 3.74. The largest absolute Gasteiger partial charge is 0.381 e. The van der Waals surface area contributed by atoms with Crippen LogP contribution in [-0.4, -0.2) is 19.0 Å². The van der Waals surface area contributed by atoms with Crippen LogP contribution >= 0.6 is 0 Å². The summed E-state index contributed by atoms with van der Waals surface area (Å²) in [6.45, 7) is 2.18. The maximum atomic E-state index is 2.21. The Morgan fingerprint density at radius 2 is 1.90 bits per heavy atom. The summed E-state index contributed by atoms with van der Waals surface area (Å²) < 4.78 is 0. The standard InChI is InChI=1S/C9H15N/c1-8-4-6-9(7-5-8)10(2)3/h4,6H,5,7H2,1-3H3. The summed E-state index contributed by atoms with van der Waals surface area (Å²) in [5.74, 6) is 0. The van der Waals surface area contributed by atoms with Crippen molar-refractivity contribution in [3.8, 4) is 0 Å². The Balaban J connectivity index is 2.64. The van der Waals surface area contributed by atoms with Crippen molar-refractivity contribution in [2.45, 2.75) is 19.8 Å². The Morgan fingerprint density at radius 1 is 1.20 bits per heavy atom. The molecule has 1 rings (SSSR count). The van der Waals surface area contributed by atoms with Crippen molar-refractivity contribution < 1.29 is 0 Å². The van der Waals surface area contributed by atoms with E-state index in [1.807, 2.05) is 0 Å². The average Bonchev–Trinajstić information content (AvgIpc) is 1.88. The zero-order valence-electron chi connectivity index (χ0n) is 7.02. The van der Waals surface area contributed by atoms with Crippen molar-refractivity contribution in [2.24, 2.45) is 0 Å². The Hall–Kier alpha value is -0.720. The fourth-order valence-electron chi connectivity index (χ4n) is 1.10. The summed E-state index contributed by atoms with van der Waals surface area (Å²) in [5.41, 5.74) is 2.93. The van der Waals surface area contributed by atoms with Gasteiger partial charge >= 0.3 is 0 Å². The van der Waals surface area contributed by atoms with Crippen molar-refractivity contribution in [2.75, 3.05) is 14.1 Å². The van der Waals surface area contributed by atoms with Crippen molar-refractivity contribution in [3.05, 3.63) is 23.4 Å². The van der Waals surface area contributed by atoms with E-state index < -0.39 is 0 Å². The molecule has 0 heterocycles. The summed E-state index contributed by atoms with van der Waals surface area (Å²) in [6, 6.07) is 0. The smallest absolute Gasteiger partial charge is 0.0131 e. The van der Waals surface area contributed by atoms with Gasteiger partial charge in [-0.25, -0.2) is 0 Å². The highest BCUT2D eigenvalue weighted by Gasteiger charge is 2.03. The molecule has 0 spiro atoms. The lowest BCUT2D eigenvalue weighted by Crippen LogP contribution is -2.12. The predicted octanol–water partition coefficient (Wildman–Crippen LogP) is 2.17. The van der Waals surface area contributed by atoms with E-state index in [4.69, 9.17) is 0 Å². The lowest BCUT2D eigenvalue weighted by atomic mass is 10.0. The number of hydrogen-bond donors (Lipinski definition) is 0. The molecule has 1 aliphatic rings. The lowest BCUT2D eigenvalue weighted by molar-refractivity contribution is 0.483. The summed E-state index contributed by atoms with van der Waals surface area (Å²) in [6.07, 6.45) is 6.84. The first-order valence-corrected chi connectivity index (χ1v) is 3.74. The van der Waals surface area contributed by atoms with Crippen molar-refractivity contribution in [1.29, 1.82) is 0 Å². The summed E-state index contributed by atoms with van der Waals surface area (Å²) in [4.78, 5) is 2.18. The molecule has 1 heteroatoms. The molecule has 10 heavy (non-hydrogen) atoms. The zero-order valence-corrected chi connectivity index (χ0v) is 7.02. The Bertz CT molecular complexity index is 175. The molecule has 0 atom stereocenters. The minimum atomic E-state index is 1.20. The second-order valence-corrected chi connectivity index (χ2v) is 3.07. The van der Waals surface area contributed by atoms with Crippen LogP contribution in [0.5, 0.6) is 0 Å². The van der Waals surface area contributed by atoms with Gasteiger partial charge in [0, 0.05) is 19.8 Å². The van der Waals surface area contributed by atoms with Crippen LogP contribution in [0.4, 0.5) is 0 Å². The molecule has 1 nitrogen and oxygen atoms in total. The molecule has 0 unspecified atom stereocenters. The predicted molar refractivity (Wildman–Crippen MR) is 44.8 cm³/mol. The van der Waals surface area contributed by atoms with Gasteiger partial charge in [0.15, 0.2) is 0 Å². The van der Waals surface area contributed by atoms with E-state index in [0.717, 1.165) is 0 Å². The van der Waals surface area contributed by atoms with Crippen LogP contribution in [0.1, 0.15) is 19.8 Å². The van der Waals surface area contributed by atoms with Crippen LogP contribution in [0.2, 0.25) is 0 Å². The van der Waals surface area contributed by atoms with Crippen LogP contribution < -0.4 is 0 Å². The molecule has 1 aliphatic carbocycles. The minimum absolute atomic E-state index is 1.20. The maximum absolute atomic E-state index is 2.21. The molecule has 0 amide bonds. The van der Waals surface area contributed by atoms with Crippen molar-refractivity contribution >= 4 is 0 Å². The molecule has 0 radical (unpaired) electrons. The highest BCUT2D eigenvalue weighted by molar-refractivity contribution is 5.21. The first-order chi connectivity index (χ1) is 4.70. The van der Waals surface area contributed by atoms with Crippen molar-refractivity contribution in [3.63, 3.8) is 0 Å². The Labute approximate surface area is 63.0 Å². The van der Waals surface area contributed by atoms with Gasteiger partial charge in [0.2, 0.25) is 0 Å². The molecule has 56 valence electrons. The maximum Gasteiger partial charge on any atom is 0.0131 e. The van der Waals surface area contributed by atoms with Gasteiger partial charge < -0.3 is 4.90 Å². The highest BCUT2D eigenvalue weighted by atomic mass is 15.1. The van der Waals surface area contributed by atoms with Gasteiger partial charge in [0.25, 0.3) is 0 Å². The number of hydrogen-bond acceptors (Lipinski definition) is 1. The van der Waals surface area contributed by atoms with E-state index in [2.05, 4.69) is 38.1 Å². The van der Waals surface area contributed by atoms with Crippen LogP contribution in [0.25, 0.3) is 0 Å². The molecule has 0 aliphatic heterocycles. The number of allylic oxidation sites excluding steroid dienone is 4. The van der Waals surface area contributed by atoms with Gasteiger partial charge in [-0.15, -0.1) is 0 Å². The molecular formula is C9H15N. The summed E-state index contributed by atoms with van der Waals surface area (Å²) in [7, 11) is 4.20. The molecule has 0 bridgehead atoms. The van der Waals surface area contributed by atoms with E-state index in [1.54, 1.807) is 0 Å². The molecule has 0 N–H and O–H groups in total. The fourth-order valence-corrected chi connectivity index (χ4v) is 1.10. The van der Waals surface area contributed by atoms with Crippen LogP contribution in [0, 0.1) is 0 Å². The monoisotopic (exact) mass is 137 g/mol. The quantitative estimate of drug-likeness (QED) is 0.535. The van der Waals surface area contributed by atoms with Gasteiger partial charge in [-0.2, -0.15) is 0 Å². The molecule has 0 aromatic carbocycles. The SMILES string of the molecule is CC1=CC=C(N(C)C)CC1. The Morgan fingerprint density at radius 3 is 2.30 bits per heavy atom. The third kappa shape index (κ3) is 1.63. The normalized spacial score (nSPS) is 17.9. The second kappa shape index (κ2) is 2.91. The van der Waals surface area contributed by atoms with E-state index in [-0.39, 0.29) is 0 Å². The van der Waals surface area contributed by atoms with Crippen LogP contribution in [-0.2, 0) is 0 Å². The highest BCUT2D eigenvalue weighted by Crippen LogP contribution is 2.18. The van der Waals surface area contributed by atoms with E-state index in [0.29, 0.717) is 0 Å². The minimum Gasteiger partial charge on any atom is -0.381 e. The van der Waals surface area contributed by atoms with Gasteiger partial charge in [-0.1, -0.05) is 11.6 Å². The molecule has 0 aromatic heterocycles. The molecule has 0 fully saturated rings. The van der Waals surface area contributed by atoms with Gasteiger partial charge in [0.05, 0.1) is 0 Å². The zero-order chi connectivity index (χ0) is 7.56. The van der Waals surface area contributed by atoms with Gasteiger partial charge in [-0.05, 0) is 25.8 Å². The lowest BCUT2D eigenvalue weighted by Gasteiger charge is -2.19. The fraction of sp³-hybridized carbons (Fsp3) is 0.556. The van der Waals surface area contributed by atoms with Gasteiger partial charge in [-0.3, -0.25) is 0 Å². The second-order valence-electron chi connectivity index (χ2n) is 3.07. The number of rotatable bonds is 1. The molecule has 0 saturated carbocycles. The molecular weight excluding hydrogens is 122 g/mol. The first kappa shape index (κ1) is 7.39. The van der Waals surface area contributed by atoms with Crippen molar-refractivity contribution in [1.82, 2.24) is 4.90 Å². The summed E-state index contributed by atoms with van der Waals surface area (Å²) >= 11 is 0. The van der Waals surface area contributed by atoms with E-state index >= 15 is 0 Å². The van der Waals surface area contributed by atoms with Crippen LogP contribution in [0.3, 0.4) is 0 Å². The topological polar surface area (TPSA) is 3.24 Å². The van der Waals surface area contributed by atoms with E-state index in [9.17, 15) is 0 Å². The third-order valence-electron chi connectivity index (χ3n) is 1.91. The Kier molecular flexibility index (Phi) is 2.15. The van der Waals surface area contributed by atoms with E-state index in [1.165, 1.54) is 24.1 Å².